The second kappa shape index (κ2) is 11.8. The van der Waals surface area contributed by atoms with Gasteiger partial charge in [0.05, 0.1) is 45.1 Å². The molecule has 3 aromatic carbocycles. The number of benzene rings is 3. The zero-order valence-corrected chi connectivity index (χ0v) is 23.3. The molecule has 0 N–H and O–H groups in total. The molecule has 0 aromatic heterocycles. The van der Waals surface area contributed by atoms with Crippen molar-refractivity contribution in [1.82, 2.24) is 0 Å². The molecule has 0 amide bonds. The maximum Gasteiger partial charge on any atom is 0.119 e. The second-order valence-electron chi connectivity index (χ2n) is 10.9. The lowest BCUT2D eigenvalue weighted by atomic mass is 9.66. The van der Waals surface area contributed by atoms with E-state index < -0.39 is 5.41 Å². The molecule has 212 valence electrons. The standard InChI is InChI=1S/C35H36O6/c1-3-7-33-31(5-1)32-6-2-4-8-34(32)35(33,25-9-13-27(14-10-25)38-19-17-36-21-29-23-40-29)26-11-15-28(16-12-26)39-20-18-37-22-30-24-41-30/h1,3-5,7-16,29-30H,2,6,17-24H2. The van der Waals surface area contributed by atoms with Gasteiger partial charge >= 0.3 is 0 Å². The van der Waals surface area contributed by atoms with E-state index in [1.54, 1.807) is 0 Å². The van der Waals surface area contributed by atoms with Gasteiger partial charge in [-0.1, -0.05) is 60.7 Å². The van der Waals surface area contributed by atoms with Gasteiger partial charge in [0.2, 0.25) is 0 Å². The monoisotopic (exact) mass is 552 g/mol. The summed E-state index contributed by atoms with van der Waals surface area (Å²) in [6.07, 6.45) is 7.31. The van der Waals surface area contributed by atoms with Gasteiger partial charge in [-0.25, -0.2) is 0 Å². The summed E-state index contributed by atoms with van der Waals surface area (Å²) >= 11 is 0. The summed E-state index contributed by atoms with van der Waals surface area (Å²) in [5.41, 5.74) is 7.50. The first-order valence-corrected chi connectivity index (χ1v) is 14.7. The van der Waals surface area contributed by atoms with Crippen LogP contribution < -0.4 is 9.47 Å². The Kier molecular flexibility index (Phi) is 7.64. The van der Waals surface area contributed by atoms with Crippen LogP contribution in [0.2, 0.25) is 0 Å². The van der Waals surface area contributed by atoms with Crippen molar-refractivity contribution >= 4 is 5.57 Å². The van der Waals surface area contributed by atoms with Crippen molar-refractivity contribution in [3.8, 4) is 11.5 Å². The molecule has 2 saturated heterocycles. The number of rotatable bonds is 14. The van der Waals surface area contributed by atoms with Gasteiger partial charge < -0.3 is 28.4 Å². The van der Waals surface area contributed by atoms with Crippen molar-refractivity contribution in [1.29, 1.82) is 0 Å². The third-order valence-electron chi connectivity index (χ3n) is 8.21. The predicted octanol–water partition coefficient (Wildman–Crippen LogP) is 5.73. The van der Waals surface area contributed by atoms with Crippen LogP contribution in [0, 0.1) is 0 Å². The first kappa shape index (κ1) is 26.5. The third-order valence-corrected chi connectivity index (χ3v) is 8.21. The summed E-state index contributed by atoms with van der Waals surface area (Å²) < 4.78 is 33.7. The highest BCUT2D eigenvalue weighted by Crippen LogP contribution is 2.57. The van der Waals surface area contributed by atoms with Crippen molar-refractivity contribution in [3.05, 3.63) is 113 Å². The first-order chi connectivity index (χ1) is 20.3. The van der Waals surface area contributed by atoms with E-state index in [0.29, 0.717) is 39.6 Å². The smallest absolute Gasteiger partial charge is 0.119 e. The predicted molar refractivity (Wildman–Crippen MR) is 157 cm³/mol. The van der Waals surface area contributed by atoms with Crippen molar-refractivity contribution in [2.75, 3.05) is 52.9 Å². The molecule has 2 heterocycles. The molecule has 0 bridgehead atoms. The average Bonchev–Trinajstić information content (AvgIpc) is 3.96. The van der Waals surface area contributed by atoms with Crippen LogP contribution in [0.5, 0.6) is 11.5 Å². The summed E-state index contributed by atoms with van der Waals surface area (Å²) in [7, 11) is 0. The summed E-state index contributed by atoms with van der Waals surface area (Å²) in [6, 6.07) is 26.1. The lowest BCUT2D eigenvalue weighted by molar-refractivity contribution is 0.0878. The number of hydrogen-bond donors (Lipinski definition) is 0. The van der Waals surface area contributed by atoms with Crippen LogP contribution in [-0.2, 0) is 24.4 Å². The second-order valence-corrected chi connectivity index (χ2v) is 10.9. The van der Waals surface area contributed by atoms with E-state index in [1.165, 1.54) is 33.4 Å². The average molecular weight is 553 g/mol. The van der Waals surface area contributed by atoms with E-state index >= 15 is 0 Å². The molecule has 6 nitrogen and oxygen atoms in total. The zero-order valence-electron chi connectivity index (χ0n) is 23.3. The molecule has 2 aliphatic heterocycles. The maximum absolute atomic E-state index is 6.00. The van der Waals surface area contributed by atoms with Crippen molar-refractivity contribution in [3.63, 3.8) is 0 Å². The summed E-state index contributed by atoms with van der Waals surface area (Å²) in [5.74, 6) is 1.68. The summed E-state index contributed by atoms with van der Waals surface area (Å²) in [4.78, 5) is 0. The Labute approximate surface area is 241 Å². The third kappa shape index (κ3) is 5.57. The molecular weight excluding hydrogens is 516 g/mol. The number of ether oxygens (including phenoxy) is 6. The van der Waals surface area contributed by atoms with Gasteiger partial charge in [-0.15, -0.1) is 0 Å². The maximum atomic E-state index is 6.00. The van der Waals surface area contributed by atoms with E-state index in [2.05, 4.69) is 84.9 Å². The van der Waals surface area contributed by atoms with E-state index in [1.807, 2.05) is 0 Å². The fraction of sp³-hybridized carbons (Fsp3) is 0.371. The van der Waals surface area contributed by atoms with Gasteiger partial charge in [-0.2, -0.15) is 0 Å². The molecule has 0 saturated carbocycles. The quantitative estimate of drug-likeness (QED) is 0.188. The lowest BCUT2D eigenvalue weighted by Gasteiger charge is -2.35. The van der Waals surface area contributed by atoms with Crippen LogP contribution in [0.25, 0.3) is 5.57 Å². The Morgan fingerprint density at radius 2 is 1.24 bits per heavy atom. The minimum Gasteiger partial charge on any atom is -0.491 e. The molecule has 0 radical (unpaired) electrons. The van der Waals surface area contributed by atoms with Gasteiger partial charge in [0.25, 0.3) is 0 Å². The highest BCUT2D eigenvalue weighted by atomic mass is 16.6. The van der Waals surface area contributed by atoms with Gasteiger partial charge in [0.1, 0.15) is 36.9 Å². The lowest BCUT2D eigenvalue weighted by Crippen LogP contribution is -2.29. The van der Waals surface area contributed by atoms with Gasteiger partial charge in [0, 0.05) is 0 Å². The van der Waals surface area contributed by atoms with E-state index in [-0.39, 0.29) is 12.2 Å². The zero-order chi connectivity index (χ0) is 27.5. The Hall–Kier alpha value is -3.42. The fourth-order valence-corrected chi connectivity index (χ4v) is 6.10. The van der Waals surface area contributed by atoms with Crippen LogP contribution in [0.15, 0.2) is 90.5 Å². The van der Waals surface area contributed by atoms with E-state index in [9.17, 15) is 0 Å². The molecule has 6 heteroatoms. The van der Waals surface area contributed by atoms with E-state index in [4.69, 9.17) is 28.4 Å². The largest absolute Gasteiger partial charge is 0.491 e. The van der Waals surface area contributed by atoms with Crippen LogP contribution in [0.3, 0.4) is 0 Å². The Morgan fingerprint density at radius 3 is 1.80 bits per heavy atom. The highest BCUT2D eigenvalue weighted by Gasteiger charge is 2.47. The SMILES string of the molecule is C1=CC2=C(CC1)c1ccccc1C2(c1ccc(OCCOCC2CO2)cc1)c1ccc(OCCOCC2CO2)cc1. The van der Waals surface area contributed by atoms with Crippen molar-refractivity contribution in [2.45, 2.75) is 30.5 Å². The number of fused-ring (bicyclic) bond motifs is 2. The minimum absolute atomic E-state index is 0.273. The molecule has 41 heavy (non-hydrogen) atoms. The molecular formula is C35H36O6. The first-order valence-electron chi connectivity index (χ1n) is 14.7. The minimum atomic E-state index is -0.416. The summed E-state index contributed by atoms with van der Waals surface area (Å²) in [5, 5.41) is 0. The molecule has 2 fully saturated rings. The normalized spacial score (nSPS) is 23.7. The number of hydrogen-bond acceptors (Lipinski definition) is 6. The van der Waals surface area contributed by atoms with E-state index in [0.717, 1.165) is 37.6 Å². The summed E-state index contributed by atoms with van der Waals surface area (Å²) in [6.45, 7) is 5.03. The molecule has 2 aliphatic carbocycles. The molecule has 0 spiro atoms. The van der Waals surface area contributed by atoms with Crippen LogP contribution >= 0.6 is 0 Å². The van der Waals surface area contributed by atoms with Crippen LogP contribution in [0.4, 0.5) is 0 Å². The number of allylic oxidation sites excluding steroid dienone is 4. The Morgan fingerprint density at radius 1 is 0.683 bits per heavy atom. The van der Waals surface area contributed by atoms with Crippen molar-refractivity contribution < 1.29 is 28.4 Å². The van der Waals surface area contributed by atoms with Gasteiger partial charge in [-0.05, 0) is 70.5 Å². The Balaban J connectivity index is 1.15. The van der Waals surface area contributed by atoms with Gasteiger partial charge in [0.15, 0.2) is 0 Å². The van der Waals surface area contributed by atoms with Crippen LogP contribution in [-0.4, -0.2) is 65.1 Å². The van der Waals surface area contributed by atoms with Crippen LogP contribution in [0.1, 0.15) is 35.1 Å². The van der Waals surface area contributed by atoms with Gasteiger partial charge in [-0.3, -0.25) is 0 Å². The molecule has 2 atom stereocenters. The fourth-order valence-electron chi connectivity index (χ4n) is 6.10. The Bertz CT molecular complexity index is 1330. The van der Waals surface area contributed by atoms with Crippen molar-refractivity contribution in [2.24, 2.45) is 0 Å². The number of epoxide rings is 2. The molecule has 2 unspecified atom stereocenters. The molecule has 4 aliphatic rings. The topological polar surface area (TPSA) is 62.0 Å². The molecule has 7 rings (SSSR count). The highest BCUT2D eigenvalue weighted by molar-refractivity contribution is 5.88. The molecule has 3 aromatic rings.